The minimum Gasteiger partial charge on any atom is -0.297 e. The second-order valence-corrected chi connectivity index (χ2v) is 8.36. The highest BCUT2D eigenvalue weighted by Gasteiger charge is 2.35. The van der Waals surface area contributed by atoms with E-state index >= 15 is 0 Å². The standard InChI is InChI=1S/C16H14N2O5S2/c1-17(25(22,23)14-6-9-24-13(14)10-19)7-8-18-15(20)11-4-2-3-5-12(11)16(18)21/h2-6,9-10H,7-8H2,1H3. The van der Waals surface area contributed by atoms with Crippen LogP contribution in [0.15, 0.2) is 40.6 Å². The molecule has 0 aliphatic carbocycles. The van der Waals surface area contributed by atoms with Gasteiger partial charge in [0.25, 0.3) is 11.8 Å². The van der Waals surface area contributed by atoms with Gasteiger partial charge in [-0.15, -0.1) is 11.3 Å². The van der Waals surface area contributed by atoms with Crippen LogP contribution in [0.1, 0.15) is 30.4 Å². The van der Waals surface area contributed by atoms with Gasteiger partial charge in [0, 0.05) is 20.1 Å². The number of benzene rings is 1. The average molecular weight is 378 g/mol. The van der Waals surface area contributed by atoms with E-state index in [1.54, 1.807) is 24.3 Å². The first-order chi connectivity index (χ1) is 11.9. The van der Waals surface area contributed by atoms with Crippen LogP contribution in [0.25, 0.3) is 0 Å². The number of thiophene rings is 1. The van der Waals surface area contributed by atoms with E-state index in [9.17, 15) is 22.8 Å². The number of hydrogen-bond donors (Lipinski definition) is 0. The Hall–Kier alpha value is -2.36. The third-order valence-electron chi connectivity index (χ3n) is 3.97. The summed E-state index contributed by atoms with van der Waals surface area (Å²) < 4.78 is 26.1. The number of amides is 2. The van der Waals surface area contributed by atoms with E-state index in [1.807, 2.05) is 0 Å². The van der Waals surface area contributed by atoms with Crippen LogP contribution in [-0.4, -0.2) is 55.9 Å². The lowest BCUT2D eigenvalue weighted by molar-refractivity contribution is 0.0649. The van der Waals surface area contributed by atoms with Gasteiger partial charge >= 0.3 is 0 Å². The highest BCUT2D eigenvalue weighted by atomic mass is 32.2. The normalized spacial score (nSPS) is 14.2. The van der Waals surface area contributed by atoms with Crippen molar-refractivity contribution in [3.8, 4) is 0 Å². The SMILES string of the molecule is CN(CCN1C(=O)c2ccccc2C1=O)S(=O)(=O)c1ccsc1C=O. The first-order valence-corrected chi connectivity index (χ1v) is 9.64. The number of imide groups is 1. The van der Waals surface area contributed by atoms with Crippen LogP contribution in [0, 0.1) is 0 Å². The molecule has 2 amide bonds. The molecule has 25 heavy (non-hydrogen) atoms. The van der Waals surface area contributed by atoms with Crippen LogP contribution in [0.5, 0.6) is 0 Å². The van der Waals surface area contributed by atoms with Crippen molar-refractivity contribution in [2.24, 2.45) is 0 Å². The summed E-state index contributed by atoms with van der Waals surface area (Å²) in [5.41, 5.74) is 0.637. The van der Waals surface area contributed by atoms with Crippen molar-refractivity contribution in [3.05, 3.63) is 51.7 Å². The van der Waals surface area contributed by atoms with Gasteiger partial charge in [-0.1, -0.05) is 12.1 Å². The third kappa shape index (κ3) is 2.90. The van der Waals surface area contributed by atoms with Crippen molar-refractivity contribution in [1.29, 1.82) is 0 Å². The molecule has 0 N–H and O–H groups in total. The van der Waals surface area contributed by atoms with Crippen molar-refractivity contribution in [1.82, 2.24) is 9.21 Å². The van der Waals surface area contributed by atoms with Gasteiger partial charge in [0.1, 0.15) is 4.90 Å². The zero-order valence-electron chi connectivity index (χ0n) is 13.2. The molecule has 130 valence electrons. The van der Waals surface area contributed by atoms with E-state index in [0.717, 1.165) is 20.5 Å². The fourth-order valence-corrected chi connectivity index (χ4v) is 4.92. The van der Waals surface area contributed by atoms with Crippen LogP contribution in [0.2, 0.25) is 0 Å². The van der Waals surface area contributed by atoms with Gasteiger partial charge in [-0.2, -0.15) is 4.31 Å². The number of nitrogens with zero attached hydrogens (tertiary/aromatic N) is 2. The number of likely N-dealkylation sites (N-methyl/N-ethyl adjacent to an activating group) is 1. The Morgan fingerprint density at radius 1 is 1.12 bits per heavy atom. The predicted molar refractivity (Wildman–Crippen MR) is 91.3 cm³/mol. The summed E-state index contributed by atoms with van der Waals surface area (Å²) in [6, 6.07) is 7.83. The smallest absolute Gasteiger partial charge is 0.261 e. The molecule has 3 rings (SSSR count). The van der Waals surface area contributed by atoms with Crippen LogP contribution >= 0.6 is 11.3 Å². The van der Waals surface area contributed by atoms with Crippen molar-refractivity contribution >= 4 is 39.5 Å². The average Bonchev–Trinajstić information content (AvgIpc) is 3.18. The Balaban J connectivity index is 1.75. The molecule has 7 nitrogen and oxygen atoms in total. The number of carbonyl (C=O) groups is 3. The lowest BCUT2D eigenvalue weighted by Gasteiger charge is -2.20. The molecule has 0 fully saturated rings. The third-order valence-corrected chi connectivity index (χ3v) is 6.86. The second kappa shape index (κ2) is 6.51. The minimum atomic E-state index is -3.87. The quantitative estimate of drug-likeness (QED) is 0.561. The van der Waals surface area contributed by atoms with E-state index in [4.69, 9.17) is 0 Å². The molecule has 1 aromatic carbocycles. The van der Waals surface area contributed by atoms with E-state index in [1.165, 1.54) is 18.5 Å². The molecular formula is C16H14N2O5S2. The number of hydrogen-bond acceptors (Lipinski definition) is 6. The molecule has 0 bridgehead atoms. The fourth-order valence-electron chi connectivity index (χ4n) is 2.58. The largest absolute Gasteiger partial charge is 0.297 e. The molecule has 0 radical (unpaired) electrons. The maximum absolute atomic E-state index is 12.5. The van der Waals surface area contributed by atoms with Gasteiger partial charge in [-0.05, 0) is 23.6 Å². The van der Waals surface area contributed by atoms with Crippen LogP contribution in [-0.2, 0) is 10.0 Å². The van der Waals surface area contributed by atoms with Crippen LogP contribution in [0.3, 0.4) is 0 Å². The van der Waals surface area contributed by atoms with Crippen LogP contribution < -0.4 is 0 Å². The lowest BCUT2D eigenvalue weighted by atomic mass is 10.1. The number of sulfonamides is 1. The Kier molecular flexibility index (Phi) is 4.55. The van der Waals surface area contributed by atoms with Gasteiger partial charge < -0.3 is 0 Å². The van der Waals surface area contributed by atoms with Crippen molar-refractivity contribution in [2.75, 3.05) is 20.1 Å². The summed E-state index contributed by atoms with van der Waals surface area (Å²) in [6.07, 6.45) is 0.496. The van der Waals surface area contributed by atoms with E-state index < -0.39 is 21.8 Å². The van der Waals surface area contributed by atoms with E-state index in [2.05, 4.69) is 0 Å². The molecule has 0 atom stereocenters. The number of fused-ring (bicyclic) bond motifs is 1. The van der Waals surface area contributed by atoms with Gasteiger partial charge in [-0.3, -0.25) is 19.3 Å². The summed E-state index contributed by atoms with van der Waals surface area (Å²) in [6.45, 7) is -0.134. The first-order valence-electron chi connectivity index (χ1n) is 7.32. The number of aldehydes is 1. The van der Waals surface area contributed by atoms with Crippen molar-refractivity contribution < 1.29 is 22.8 Å². The molecule has 0 saturated carbocycles. The van der Waals surface area contributed by atoms with Gasteiger partial charge in [0.2, 0.25) is 10.0 Å². The summed E-state index contributed by atoms with van der Waals surface area (Å²) in [4.78, 5) is 36.6. The first kappa shape index (κ1) is 17.5. The highest BCUT2D eigenvalue weighted by Crippen LogP contribution is 2.24. The molecular weight excluding hydrogens is 364 g/mol. The molecule has 1 aliphatic rings. The molecule has 0 spiro atoms. The Bertz CT molecular complexity index is 929. The van der Waals surface area contributed by atoms with Crippen molar-refractivity contribution in [3.63, 3.8) is 0 Å². The van der Waals surface area contributed by atoms with E-state index in [0.29, 0.717) is 17.4 Å². The Morgan fingerprint density at radius 3 is 2.28 bits per heavy atom. The topological polar surface area (TPSA) is 91.8 Å². The summed E-state index contributed by atoms with van der Waals surface area (Å²) >= 11 is 1.04. The van der Waals surface area contributed by atoms with Crippen LogP contribution in [0.4, 0.5) is 0 Å². The van der Waals surface area contributed by atoms with E-state index in [-0.39, 0.29) is 22.9 Å². The molecule has 1 aromatic heterocycles. The predicted octanol–water partition coefficient (Wildman–Crippen LogP) is 1.48. The zero-order chi connectivity index (χ0) is 18.2. The van der Waals surface area contributed by atoms with Gasteiger partial charge in [0.05, 0.1) is 16.0 Å². The maximum atomic E-state index is 12.5. The molecule has 0 saturated heterocycles. The maximum Gasteiger partial charge on any atom is 0.261 e. The van der Waals surface area contributed by atoms with Gasteiger partial charge in [-0.25, -0.2) is 8.42 Å². The molecule has 2 heterocycles. The summed E-state index contributed by atoms with van der Waals surface area (Å²) in [5, 5.41) is 1.52. The molecule has 0 unspecified atom stereocenters. The Labute approximate surface area is 148 Å². The zero-order valence-corrected chi connectivity index (χ0v) is 14.8. The lowest BCUT2D eigenvalue weighted by Crippen LogP contribution is -2.39. The highest BCUT2D eigenvalue weighted by molar-refractivity contribution is 7.89. The molecule has 2 aromatic rings. The molecule has 1 aliphatic heterocycles. The summed E-state index contributed by atoms with van der Waals surface area (Å²) in [7, 11) is -2.52. The Morgan fingerprint density at radius 2 is 1.72 bits per heavy atom. The van der Waals surface area contributed by atoms with Crippen molar-refractivity contribution in [2.45, 2.75) is 4.90 Å². The number of carbonyl (C=O) groups excluding carboxylic acids is 3. The minimum absolute atomic E-state index is 0.0668. The number of rotatable bonds is 6. The second-order valence-electron chi connectivity index (χ2n) is 5.40. The monoisotopic (exact) mass is 378 g/mol. The van der Waals surface area contributed by atoms with Gasteiger partial charge in [0.15, 0.2) is 6.29 Å². The molecule has 9 heteroatoms. The fraction of sp³-hybridized carbons (Fsp3) is 0.188. The summed E-state index contributed by atoms with van der Waals surface area (Å²) in [5.74, 6) is -0.869.